The van der Waals surface area contributed by atoms with Gasteiger partial charge in [0.1, 0.15) is 32.7 Å². The van der Waals surface area contributed by atoms with Crippen molar-refractivity contribution >= 4 is 22.6 Å². The Balaban J connectivity index is 1.15. The van der Waals surface area contributed by atoms with Crippen molar-refractivity contribution in [3.8, 4) is 0 Å². The summed E-state index contributed by atoms with van der Waals surface area (Å²) in [5, 5.41) is 2.66. The Bertz CT molecular complexity index is 1060. The summed E-state index contributed by atoms with van der Waals surface area (Å²) in [5.41, 5.74) is 2.50. The van der Waals surface area contributed by atoms with Gasteiger partial charge in [-0.3, -0.25) is 14.5 Å². The molecule has 0 spiro atoms. The molecule has 2 N–H and O–H groups in total. The number of carbonyl (C=O) groups is 2. The van der Waals surface area contributed by atoms with Crippen molar-refractivity contribution in [2.45, 2.75) is 6.54 Å². The number of benzene rings is 3. The van der Waals surface area contributed by atoms with Crippen LogP contribution in [0.3, 0.4) is 0 Å². The van der Waals surface area contributed by atoms with Crippen molar-refractivity contribution in [3.63, 3.8) is 0 Å². The highest BCUT2D eigenvalue weighted by Crippen LogP contribution is 2.21. The largest absolute Gasteiger partial charge is 0.324 e. The second-order valence-corrected chi connectivity index (χ2v) is 8.37. The van der Waals surface area contributed by atoms with Crippen molar-refractivity contribution in [2.75, 3.05) is 39.3 Å². The molecule has 0 atom stereocenters. The lowest BCUT2D eigenvalue weighted by Gasteiger charge is -2.30. The first-order valence-corrected chi connectivity index (χ1v) is 10.8. The third-order valence-electron chi connectivity index (χ3n) is 6.55. The van der Waals surface area contributed by atoms with Crippen LogP contribution in [0, 0.1) is 0 Å². The Kier molecular flexibility index (Phi) is 5.07. The smallest absolute Gasteiger partial charge is 0.261 e. The predicted molar refractivity (Wildman–Crippen MR) is 116 cm³/mol. The summed E-state index contributed by atoms with van der Waals surface area (Å²) in [5.74, 6) is -0.287. The number of hydrogen-bond acceptors (Lipinski definition) is 2. The second kappa shape index (κ2) is 8.01. The zero-order valence-electron chi connectivity index (χ0n) is 17.1. The molecule has 5 nitrogen and oxygen atoms in total. The van der Waals surface area contributed by atoms with Gasteiger partial charge in [0.05, 0.1) is 24.2 Å². The van der Waals surface area contributed by atoms with Crippen molar-refractivity contribution in [2.24, 2.45) is 0 Å². The molecule has 2 amide bonds. The van der Waals surface area contributed by atoms with Crippen molar-refractivity contribution in [3.05, 3.63) is 83.4 Å². The normalized spacial score (nSPS) is 21.3. The molecule has 1 saturated heterocycles. The van der Waals surface area contributed by atoms with Gasteiger partial charge in [-0.15, -0.1) is 0 Å². The zero-order chi connectivity index (χ0) is 20.5. The van der Waals surface area contributed by atoms with Crippen LogP contribution in [-0.2, 0) is 6.54 Å². The fraction of sp³-hybridized carbons (Fsp3) is 0.280. The first kappa shape index (κ1) is 19.0. The summed E-state index contributed by atoms with van der Waals surface area (Å²) in [6, 6.07) is 22.3. The summed E-state index contributed by atoms with van der Waals surface area (Å²) in [6.45, 7) is 6.74. The Morgan fingerprint density at radius 2 is 1.30 bits per heavy atom. The number of rotatable bonds is 5. The SMILES string of the molecule is O=C1c2ccccc2C(=O)N1CC[NH+]1CC[NH+](Cc2cccc3ccccc23)CC1. The summed E-state index contributed by atoms with van der Waals surface area (Å²) in [7, 11) is 0. The number of imide groups is 1. The van der Waals surface area contributed by atoms with E-state index in [9.17, 15) is 9.59 Å². The molecule has 2 aliphatic rings. The highest BCUT2D eigenvalue weighted by atomic mass is 16.2. The van der Waals surface area contributed by atoms with E-state index in [-0.39, 0.29) is 11.8 Å². The van der Waals surface area contributed by atoms with E-state index in [1.165, 1.54) is 26.1 Å². The zero-order valence-corrected chi connectivity index (χ0v) is 17.1. The summed E-state index contributed by atoms with van der Waals surface area (Å²) >= 11 is 0. The van der Waals surface area contributed by atoms with Crippen molar-refractivity contribution in [1.29, 1.82) is 0 Å². The lowest BCUT2D eigenvalue weighted by Crippen LogP contribution is -3.27. The molecule has 3 aromatic carbocycles. The molecule has 5 heteroatoms. The second-order valence-electron chi connectivity index (χ2n) is 8.37. The lowest BCUT2D eigenvalue weighted by molar-refractivity contribution is -1.02. The number of nitrogens with zero attached hydrogens (tertiary/aromatic N) is 1. The van der Waals surface area contributed by atoms with Gasteiger partial charge in [0.15, 0.2) is 0 Å². The van der Waals surface area contributed by atoms with Crippen LogP contribution in [0.4, 0.5) is 0 Å². The van der Waals surface area contributed by atoms with Crippen LogP contribution in [0.5, 0.6) is 0 Å². The first-order chi connectivity index (χ1) is 14.7. The molecule has 2 aliphatic heterocycles. The molecule has 0 aromatic heterocycles. The number of amides is 2. The van der Waals surface area contributed by atoms with Gasteiger partial charge in [0.2, 0.25) is 0 Å². The van der Waals surface area contributed by atoms with E-state index >= 15 is 0 Å². The molecule has 0 radical (unpaired) electrons. The van der Waals surface area contributed by atoms with Crippen LogP contribution in [0.25, 0.3) is 10.8 Å². The van der Waals surface area contributed by atoms with Crippen LogP contribution < -0.4 is 9.80 Å². The number of carbonyl (C=O) groups excluding carboxylic acids is 2. The fourth-order valence-corrected chi connectivity index (χ4v) is 4.81. The maximum Gasteiger partial charge on any atom is 0.261 e. The average molecular weight is 402 g/mol. The van der Waals surface area contributed by atoms with Gasteiger partial charge in [-0.25, -0.2) is 0 Å². The highest BCUT2D eigenvalue weighted by molar-refractivity contribution is 6.21. The minimum Gasteiger partial charge on any atom is -0.324 e. The molecule has 30 heavy (non-hydrogen) atoms. The van der Waals surface area contributed by atoms with Gasteiger partial charge in [0, 0.05) is 5.56 Å². The van der Waals surface area contributed by atoms with Crippen molar-refractivity contribution < 1.29 is 19.4 Å². The third-order valence-corrected chi connectivity index (χ3v) is 6.55. The Morgan fingerprint density at radius 1 is 0.700 bits per heavy atom. The Labute approximate surface area is 176 Å². The molecule has 0 unspecified atom stereocenters. The van der Waals surface area contributed by atoms with E-state index in [0.29, 0.717) is 17.7 Å². The average Bonchev–Trinajstić information content (AvgIpc) is 3.04. The van der Waals surface area contributed by atoms with Crippen LogP contribution in [-0.4, -0.2) is 56.0 Å². The van der Waals surface area contributed by atoms with Crippen molar-refractivity contribution in [1.82, 2.24) is 4.90 Å². The molecule has 0 bridgehead atoms. The highest BCUT2D eigenvalue weighted by Gasteiger charge is 2.36. The number of piperazine rings is 1. The van der Waals surface area contributed by atoms with E-state index < -0.39 is 0 Å². The van der Waals surface area contributed by atoms with Crippen LogP contribution in [0.15, 0.2) is 66.7 Å². The summed E-state index contributed by atoms with van der Waals surface area (Å²) in [6.07, 6.45) is 0. The number of quaternary nitrogens is 2. The maximum absolute atomic E-state index is 12.5. The first-order valence-electron chi connectivity index (χ1n) is 10.8. The van der Waals surface area contributed by atoms with Crippen LogP contribution in [0.1, 0.15) is 26.3 Å². The molecule has 0 aliphatic carbocycles. The topological polar surface area (TPSA) is 46.3 Å². The Hall–Kier alpha value is -3.02. The Morgan fingerprint density at radius 3 is 2.03 bits per heavy atom. The van der Waals surface area contributed by atoms with E-state index in [2.05, 4.69) is 42.5 Å². The van der Waals surface area contributed by atoms with Gasteiger partial charge < -0.3 is 9.80 Å². The standard InChI is InChI=1S/C25H25N3O2/c29-24-22-10-3-4-11-23(22)25(30)28(24)17-16-26-12-14-27(15-13-26)18-20-8-5-7-19-6-1-2-9-21(19)20/h1-11H,12-18H2/p+2. The molecule has 2 heterocycles. The summed E-state index contributed by atoms with van der Waals surface area (Å²) < 4.78 is 0. The van der Waals surface area contributed by atoms with E-state index in [4.69, 9.17) is 0 Å². The predicted octanol–water partition coefficient (Wildman–Crippen LogP) is 0.419. The molecule has 0 saturated carbocycles. The van der Waals surface area contributed by atoms with E-state index in [0.717, 1.165) is 39.3 Å². The third kappa shape index (κ3) is 3.51. The van der Waals surface area contributed by atoms with Crippen LogP contribution in [0.2, 0.25) is 0 Å². The minimum absolute atomic E-state index is 0.143. The van der Waals surface area contributed by atoms with Crippen LogP contribution >= 0.6 is 0 Å². The maximum atomic E-state index is 12.5. The molecule has 1 fully saturated rings. The van der Waals surface area contributed by atoms with Gasteiger partial charge >= 0.3 is 0 Å². The van der Waals surface area contributed by atoms with Gasteiger partial charge in [-0.1, -0.05) is 54.6 Å². The van der Waals surface area contributed by atoms with Gasteiger partial charge in [-0.05, 0) is 22.9 Å². The lowest BCUT2D eigenvalue weighted by atomic mass is 10.0. The monoisotopic (exact) mass is 401 g/mol. The quantitative estimate of drug-likeness (QED) is 0.609. The van der Waals surface area contributed by atoms with E-state index in [1.54, 1.807) is 17.0 Å². The van der Waals surface area contributed by atoms with E-state index in [1.807, 2.05) is 12.1 Å². The molecule has 3 aromatic rings. The molecular weight excluding hydrogens is 374 g/mol. The molecular formula is C25H27N3O2+2. The molecule has 5 rings (SSSR count). The minimum atomic E-state index is -0.143. The summed E-state index contributed by atoms with van der Waals surface area (Å²) in [4.78, 5) is 29.6. The number of fused-ring (bicyclic) bond motifs is 2. The van der Waals surface area contributed by atoms with Gasteiger partial charge in [0.25, 0.3) is 11.8 Å². The fourth-order valence-electron chi connectivity index (χ4n) is 4.81. The van der Waals surface area contributed by atoms with Gasteiger partial charge in [-0.2, -0.15) is 0 Å². The molecule has 152 valence electrons. The number of nitrogens with one attached hydrogen (secondary N) is 2. The number of hydrogen-bond donors (Lipinski definition) is 2.